The van der Waals surface area contributed by atoms with Gasteiger partial charge in [0.05, 0.1) is 4.90 Å². The Bertz CT molecular complexity index is 609. The van der Waals surface area contributed by atoms with Crippen LogP contribution in [0.2, 0.25) is 0 Å². The molecule has 1 aromatic rings. The van der Waals surface area contributed by atoms with E-state index >= 15 is 0 Å². The first-order chi connectivity index (χ1) is 9.99. The van der Waals surface area contributed by atoms with Crippen LogP contribution in [0.5, 0.6) is 0 Å². The van der Waals surface area contributed by atoms with Gasteiger partial charge in [-0.15, -0.1) is 11.3 Å². The molecule has 21 heavy (non-hydrogen) atoms. The summed E-state index contributed by atoms with van der Waals surface area (Å²) >= 11 is 1.57. The van der Waals surface area contributed by atoms with Gasteiger partial charge in [-0.2, -0.15) is 0 Å². The SMILES string of the molecule is CCNCc1cc(S(=O)(=O)NC2CC3CCC2C3)c(C)s1. The van der Waals surface area contributed by atoms with Gasteiger partial charge in [0.25, 0.3) is 0 Å². The number of nitrogens with one attached hydrogen (secondary N) is 2. The molecule has 2 bridgehead atoms. The number of hydrogen-bond acceptors (Lipinski definition) is 4. The lowest BCUT2D eigenvalue weighted by molar-refractivity contribution is 0.390. The minimum Gasteiger partial charge on any atom is -0.312 e. The van der Waals surface area contributed by atoms with Crippen molar-refractivity contribution in [1.82, 2.24) is 10.0 Å². The first-order valence-electron chi connectivity index (χ1n) is 7.82. The fraction of sp³-hybridized carbons (Fsp3) is 0.733. The van der Waals surface area contributed by atoms with E-state index in [0.29, 0.717) is 10.8 Å². The number of aryl methyl sites for hydroxylation is 1. The Kier molecular flexibility index (Phi) is 4.41. The summed E-state index contributed by atoms with van der Waals surface area (Å²) in [5.41, 5.74) is 0. The smallest absolute Gasteiger partial charge is 0.241 e. The van der Waals surface area contributed by atoms with Gasteiger partial charge in [-0.25, -0.2) is 13.1 Å². The lowest BCUT2D eigenvalue weighted by atomic mass is 9.96. The average Bonchev–Trinajstić information content (AvgIpc) is 3.11. The van der Waals surface area contributed by atoms with Crippen LogP contribution in [0.15, 0.2) is 11.0 Å². The second-order valence-corrected chi connectivity index (χ2v) is 9.34. The highest BCUT2D eigenvalue weighted by molar-refractivity contribution is 7.89. The zero-order chi connectivity index (χ0) is 15.0. The average molecular weight is 329 g/mol. The van der Waals surface area contributed by atoms with Crippen LogP contribution < -0.4 is 10.0 Å². The molecule has 2 saturated carbocycles. The normalized spacial score (nSPS) is 28.4. The number of rotatable bonds is 6. The summed E-state index contributed by atoms with van der Waals surface area (Å²) in [6.07, 6.45) is 4.71. The van der Waals surface area contributed by atoms with Crippen LogP contribution in [0.25, 0.3) is 0 Å². The van der Waals surface area contributed by atoms with Crippen molar-refractivity contribution in [2.75, 3.05) is 6.54 Å². The first kappa shape index (κ1) is 15.5. The van der Waals surface area contributed by atoms with E-state index in [-0.39, 0.29) is 6.04 Å². The summed E-state index contributed by atoms with van der Waals surface area (Å²) in [6.45, 7) is 5.58. The van der Waals surface area contributed by atoms with Gasteiger partial charge < -0.3 is 5.32 Å². The first-order valence-corrected chi connectivity index (χ1v) is 10.1. The van der Waals surface area contributed by atoms with Gasteiger partial charge >= 0.3 is 0 Å². The Hall–Kier alpha value is -0.430. The predicted octanol–water partition coefficient (Wildman–Crippen LogP) is 2.63. The van der Waals surface area contributed by atoms with Crippen LogP contribution in [0.4, 0.5) is 0 Å². The second kappa shape index (κ2) is 5.99. The molecular formula is C15H24N2O2S2. The highest BCUT2D eigenvalue weighted by Crippen LogP contribution is 2.45. The van der Waals surface area contributed by atoms with Gasteiger partial charge in [-0.3, -0.25) is 0 Å². The molecule has 1 aromatic heterocycles. The van der Waals surface area contributed by atoms with E-state index in [0.717, 1.165) is 35.2 Å². The minimum atomic E-state index is -3.37. The number of fused-ring (bicyclic) bond motifs is 2. The van der Waals surface area contributed by atoms with Crippen molar-refractivity contribution in [1.29, 1.82) is 0 Å². The summed E-state index contributed by atoms with van der Waals surface area (Å²) < 4.78 is 28.3. The molecule has 2 aliphatic carbocycles. The molecule has 0 spiro atoms. The van der Waals surface area contributed by atoms with E-state index in [4.69, 9.17) is 0 Å². The molecule has 0 saturated heterocycles. The molecule has 0 amide bonds. The van der Waals surface area contributed by atoms with Crippen molar-refractivity contribution in [3.63, 3.8) is 0 Å². The van der Waals surface area contributed by atoms with E-state index in [1.807, 2.05) is 13.0 Å². The molecule has 0 radical (unpaired) electrons. The molecule has 0 aromatic carbocycles. The molecule has 1 heterocycles. The van der Waals surface area contributed by atoms with Crippen LogP contribution in [0, 0.1) is 18.8 Å². The topological polar surface area (TPSA) is 58.2 Å². The molecule has 2 aliphatic rings. The van der Waals surface area contributed by atoms with Gasteiger partial charge in [0, 0.05) is 22.3 Å². The van der Waals surface area contributed by atoms with E-state index in [1.165, 1.54) is 19.3 Å². The van der Waals surface area contributed by atoms with Crippen molar-refractivity contribution >= 4 is 21.4 Å². The summed E-state index contributed by atoms with van der Waals surface area (Å²) in [7, 11) is -3.37. The van der Waals surface area contributed by atoms with Crippen LogP contribution in [0.3, 0.4) is 0 Å². The summed E-state index contributed by atoms with van der Waals surface area (Å²) in [6, 6.07) is 1.99. The maximum Gasteiger partial charge on any atom is 0.241 e. The third-order valence-electron chi connectivity index (χ3n) is 4.81. The standard InChI is InChI=1S/C15H24N2O2S2/c1-3-16-9-13-8-15(10(2)20-13)21(18,19)17-14-7-11-4-5-12(14)6-11/h8,11-12,14,16-17H,3-7,9H2,1-2H3. The lowest BCUT2D eigenvalue weighted by Crippen LogP contribution is -2.38. The Morgan fingerprint density at radius 1 is 1.33 bits per heavy atom. The molecule has 2 fully saturated rings. The van der Waals surface area contributed by atoms with Gasteiger partial charge in [0.2, 0.25) is 10.0 Å². The Balaban J connectivity index is 1.74. The summed E-state index contributed by atoms with van der Waals surface area (Å²) in [4.78, 5) is 2.45. The zero-order valence-electron chi connectivity index (χ0n) is 12.7. The van der Waals surface area contributed by atoms with Crippen LogP contribution in [-0.4, -0.2) is 21.0 Å². The van der Waals surface area contributed by atoms with E-state index < -0.39 is 10.0 Å². The maximum absolute atomic E-state index is 12.6. The fourth-order valence-corrected chi connectivity index (χ4v) is 6.70. The highest BCUT2D eigenvalue weighted by atomic mass is 32.2. The Morgan fingerprint density at radius 3 is 2.76 bits per heavy atom. The second-order valence-electron chi connectivity index (χ2n) is 6.32. The maximum atomic E-state index is 12.6. The molecule has 3 rings (SSSR count). The van der Waals surface area contributed by atoms with E-state index in [2.05, 4.69) is 17.0 Å². The summed E-state index contributed by atoms with van der Waals surface area (Å²) in [5, 5.41) is 3.25. The third kappa shape index (κ3) is 3.18. The number of sulfonamides is 1. The molecule has 3 unspecified atom stereocenters. The van der Waals surface area contributed by atoms with E-state index in [1.54, 1.807) is 11.3 Å². The zero-order valence-corrected chi connectivity index (χ0v) is 14.3. The van der Waals surface area contributed by atoms with Crippen molar-refractivity contribution in [3.05, 3.63) is 15.8 Å². The van der Waals surface area contributed by atoms with Crippen molar-refractivity contribution in [2.24, 2.45) is 11.8 Å². The van der Waals surface area contributed by atoms with Crippen molar-refractivity contribution in [3.8, 4) is 0 Å². The number of thiophene rings is 1. The van der Waals surface area contributed by atoms with Gasteiger partial charge in [-0.1, -0.05) is 13.3 Å². The Morgan fingerprint density at radius 2 is 2.14 bits per heavy atom. The molecule has 4 nitrogen and oxygen atoms in total. The quantitative estimate of drug-likeness (QED) is 0.844. The van der Waals surface area contributed by atoms with Gasteiger partial charge in [0.1, 0.15) is 0 Å². The molecule has 3 atom stereocenters. The molecule has 0 aliphatic heterocycles. The van der Waals surface area contributed by atoms with Gasteiger partial charge in [-0.05, 0) is 50.6 Å². The van der Waals surface area contributed by atoms with Gasteiger partial charge in [0.15, 0.2) is 0 Å². The molecular weight excluding hydrogens is 304 g/mol. The fourth-order valence-electron chi connectivity index (χ4n) is 3.78. The Labute approximate surface area is 131 Å². The van der Waals surface area contributed by atoms with Crippen molar-refractivity contribution in [2.45, 2.75) is 57.0 Å². The third-order valence-corrected chi connectivity index (χ3v) is 7.60. The van der Waals surface area contributed by atoms with Crippen LogP contribution in [0.1, 0.15) is 42.4 Å². The minimum absolute atomic E-state index is 0.158. The van der Waals surface area contributed by atoms with E-state index in [9.17, 15) is 8.42 Å². The summed E-state index contributed by atoms with van der Waals surface area (Å²) in [5.74, 6) is 1.31. The molecule has 6 heteroatoms. The van der Waals surface area contributed by atoms with Crippen LogP contribution in [-0.2, 0) is 16.6 Å². The number of hydrogen-bond donors (Lipinski definition) is 2. The predicted molar refractivity (Wildman–Crippen MR) is 86.0 cm³/mol. The van der Waals surface area contributed by atoms with Crippen LogP contribution >= 0.6 is 11.3 Å². The molecule has 2 N–H and O–H groups in total. The van der Waals surface area contributed by atoms with Crippen molar-refractivity contribution < 1.29 is 8.42 Å². The largest absolute Gasteiger partial charge is 0.312 e. The monoisotopic (exact) mass is 328 g/mol. The molecule has 118 valence electrons. The highest BCUT2D eigenvalue weighted by Gasteiger charge is 2.41. The lowest BCUT2D eigenvalue weighted by Gasteiger charge is -2.22.